The van der Waals surface area contributed by atoms with Crippen molar-refractivity contribution in [1.29, 1.82) is 0 Å². The maximum Gasteiger partial charge on any atom is 0.317 e. The number of nitrogens with two attached hydrogens (primary N) is 1. The van der Waals surface area contributed by atoms with E-state index in [2.05, 4.69) is 29.4 Å². The number of fused-ring (bicyclic) bond motifs is 2. The van der Waals surface area contributed by atoms with Gasteiger partial charge < -0.3 is 91.3 Å². The molecule has 1 saturated heterocycles. The molecule has 0 spiro atoms. The third kappa shape index (κ3) is 28.5. The highest BCUT2D eigenvalue weighted by atomic mass is 16.7. The van der Waals surface area contributed by atoms with Crippen molar-refractivity contribution in [2.75, 3.05) is 13.6 Å². The molecule has 24 nitrogen and oxygen atoms in total. The number of esters is 3. The number of aliphatic hydroxyl groups is 10. The van der Waals surface area contributed by atoms with E-state index in [1.807, 2.05) is 13.8 Å². The number of carbonyl (C=O) groups is 5. The Labute approximate surface area is 507 Å². The molecule has 15 N–H and O–H groups in total. The number of guanidine groups is 1. The van der Waals surface area contributed by atoms with Crippen molar-refractivity contribution < 1.29 is 104 Å². The maximum atomic E-state index is 13.9. The molecule has 24 heteroatoms. The van der Waals surface area contributed by atoms with Gasteiger partial charge in [-0.3, -0.25) is 29.0 Å². The SMILES string of the molecule is CN=C(N)NCCCC=CCCCC(C)CC(C)C1OC(=O)C(C)C(O)C=CC(C)C(O)CC(O)C(C)C(O)CCC(C)C(OC(=O)CC(=O)O)CC2(O)OC(CC(OC(=O)CC(=O)O)CC(O)CC(O)C(C)C(O)C=CC=CC1C)CC(O)C2O. The zero-order chi connectivity index (χ0) is 65.0. The van der Waals surface area contributed by atoms with Gasteiger partial charge in [0.15, 0.2) is 11.7 Å². The molecule has 0 radical (unpaired) electrons. The van der Waals surface area contributed by atoms with E-state index in [0.717, 1.165) is 38.6 Å². The Morgan fingerprint density at radius 2 is 1.33 bits per heavy atom. The lowest BCUT2D eigenvalue weighted by Gasteiger charge is -2.45. The standard InChI is InChI=1S/C62H105N3O21/c1-35(18-14-12-10-11-13-17-25-65-61(63)64-9)26-39(5)58-38(4)19-15-16-20-46(67)40(6)50(71)28-43(66)27-44(83-56(78)32-54(74)75)29-45-30-52(73)59(80)62(82,86-45)34-53(84-57(79)33-55(76)77)37(3)22-24-47(68)41(7)51(72)31-49(70)36(2)21-23-48(69)42(8)60(81)85-58/h10-11,15-16,19-21,23,35-53,58-59,66-73,80,82H,12-14,17-18,22,24-34H2,1-9H3,(H,74,75)(H,76,77)(H3,63,64,65). The van der Waals surface area contributed by atoms with Crippen molar-refractivity contribution in [1.82, 2.24) is 5.32 Å². The molecule has 1 fully saturated rings. The van der Waals surface area contributed by atoms with Crippen LogP contribution in [0.25, 0.3) is 0 Å². The molecule has 494 valence electrons. The number of ether oxygens (including phenoxy) is 4. The average Bonchev–Trinajstić information content (AvgIpc) is 1.63. The molecule has 0 aromatic heterocycles. The summed E-state index contributed by atoms with van der Waals surface area (Å²) in [6.07, 6.45) is -3.66. The van der Waals surface area contributed by atoms with E-state index in [-0.39, 0.29) is 43.4 Å². The summed E-state index contributed by atoms with van der Waals surface area (Å²) in [6, 6.07) is 0. The lowest BCUT2D eigenvalue weighted by Crippen LogP contribution is -2.60. The number of carbonyl (C=O) groups excluding carboxylic acids is 3. The molecule has 2 heterocycles. The maximum absolute atomic E-state index is 13.9. The molecule has 2 rings (SSSR count). The number of hydrogen-bond donors (Lipinski definition) is 14. The van der Waals surface area contributed by atoms with E-state index >= 15 is 0 Å². The minimum Gasteiger partial charge on any atom is -0.481 e. The van der Waals surface area contributed by atoms with Gasteiger partial charge in [0.05, 0.1) is 60.9 Å². The number of nitrogens with zero attached hydrogens (tertiary/aromatic N) is 1. The van der Waals surface area contributed by atoms with Crippen molar-refractivity contribution in [3.63, 3.8) is 0 Å². The second-order valence-electron chi connectivity index (χ2n) is 24.4. The Morgan fingerprint density at radius 3 is 1.95 bits per heavy atom. The molecule has 0 saturated carbocycles. The average molecular weight is 1230 g/mol. The lowest BCUT2D eigenvalue weighted by molar-refractivity contribution is -0.334. The van der Waals surface area contributed by atoms with Gasteiger partial charge >= 0.3 is 29.8 Å². The summed E-state index contributed by atoms with van der Waals surface area (Å²) in [6.45, 7) is 14.5. The lowest BCUT2D eigenvalue weighted by atomic mass is 9.83. The molecule has 2 aliphatic heterocycles. The van der Waals surface area contributed by atoms with Crippen LogP contribution in [0.15, 0.2) is 53.6 Å². The van der Waals surface area contributed by atoms with Gasteiger partial charge in [-0.15, -0.1) is 0 Å². The topological polar surface area (TPSA) is 415 Å². The van der Waals surface area contributed by atoms with Crippen LogP contribution >= 0.6 is 0 Å². The largest absolute Gasteiger partial charge is 0.481 e. The number of aliphatic carboxylic acids is 2. The van der Waals surface area contributed by atoms with Crippen LogP contribution in [0.4, 0.5) is 0 Å². The number of nitrogens with one attached hydrogen (secondary N) is 1. The van der Waals surface area contributed by atoms with Crippen LogP contribution < -0.4 is 11.1 Å². The number of rotatable bonds is 17. The van der Waals surface area contributed by atoms with Gasteiger partial charge in [0.25, 0.3) is 0 Å². The van der Waals surface area contributed by atoms with Crippen molar-refractivity contribution in [2.24, 2.45) is 58.1 Å². The minimum absolute atomic E-state index is 0.00166. The van der Waals surface area contributed by atoms with Crippen LogP contribution in [-0.2, 0) is 42.9 Å². The first-order valence-corrected chi connectivity index (χ1v) is 30.5. The van der Waals surface area contributed by atoms with Gasteiger partial charge in [0, 0.05) is 69.4 Å². The fourth-order valence-corrected chi connectivity index (χ4v) is 10.8. The van der Waals surface area contributed by atoms with Crippen molar-refractivity contribution >= 4 is 35.8 Å². The zero-order valence-corrected chi connectivity index (χ0v) is 51.8. The summed E-state index contributed by atoms with van der Waals surface area (Å²) in [5.41, 5.74) is 5.69. The third-order valence-corrected chi connectivity index (χ3v) is 16.7. The van der Waals surface area contributed by atoms with Gasteiger partial charge in [-0.05, 0) is 76.0 Å². The quantitative estimate of drug-likeness (QED) is 0.0189. The number of aliphatic hydroxyl groups excluding tert-OH is 9. The molecule has 0 aromatic carbocycles. The van der Waals surface area contributed by atoms with Gasteiger partial charge in [-0.1, -0.05) is 103 Å². The molecule has 2 bridgehead atoms. The molecule has 0 aliphatic carbocycles. The molecule has 86 heavy (non-hydrogen) atoms. The predicted octanol–water partition coefficient (Wildman–Crippen LogP) is 3.33. The number of hydrogen-bond acceptors (Lipinski definition) is 20. The van der Waals surface area contributed by atoms with Crippen LogP contribution in [0.1, 0.15) is 158 Å². The van der Waals surface area contributed by atoms with E-state index < -0.39 is 183 Å². The number of aliphatic imine (C=N–C) groups is 1. The van der Waals surface area contributed by atoms with Crippen molar-refractivity contribution in [2.45, 2.75) is 243 Å². The molecular formula is C62H105N3O21. The molecule has 22 atom stereocenters. The number of allylic oxidation sites excluding steroid dienone is 4. The highest BCUT2D eigenvalue weighted by molar-refractivity contribution is 5.90. The van der Waals surface area contributed by atoms with E-state index in [1.165, 1.54) is 39.0 Å². The molecule has 22 unspecified atom stereocenters. The van der Waals surface area contributed by atoms with Gasteiger partial charge in [-0.2, -0.15) is 0 Å². The number of carboxylic acids is 2. The Bertz CT molecular complexity index is 2200. The summed E-state index contributed by atoms with van der Waals surface area (Å²) in [4.78, 5) is 66.3. The number of unbranched alkanes of at least 4 members (excludes halogenated alkanes) is 2. The Kier molecular flexibility index (Phi) is 35.2. The second kappa shape index (κ2) is 39.2. The minimum atomic E-state index is -2.74. The van der Waals surface area contributed by atoms with Crippen LogP contribution in [-0.4, -0.2) is 196 Å². The van der Waals surface area contributed by atoms with Gasteiger partial charge in [0.2, 0.25) is 0 Å². The smallest absolute Gasteiger partial charge is 0.317 e. The van der Waals surface area contributed by atoms with Crippen LogP contribution in [0.2, 0.25) is 0 Å². The summed E-state index contributed by atoms with van der Waals surface area (Å²) in [7, 11) is 1.62. The fraction of sp³-hybridized carbons (Fsp3) is 0.774. The van der Waals surface area contributed by atoms with Crippen molar-refractivity contribution in [3.05, 3.63) is 48.6 Å². The fourth-order valence-electron chi connectivity index (χ4n) is 10.8. The van der Waals surface area contributed by atoms with Gasteiger partial charge in [0.1, 0.15) is 37.3 Å². The zero-order valence-electron chi connectivity index (χ0n) is 51.8. The normalized spacial score (nSPS) is 35.8. The van der Waals surface area contributed by atoms with Crippen LogP contribution in [0, 0.1) is 47.3 Å². The summed E-state index contributed by atoms with van der Waals surface area (Å²) < 4.78 is 23.1. The summed E-state index contributed by atoms with van der Waals surface area (Å²) in [5, 5.41) is 135. The van der Waals surface area contributed by atoms with Crippen LogP contribution in [0.5, 0.6) is 0 Å². The molecular weight excluding hydrogens is 1120 g/mol. The van der Waals surface area contributed by atoms with Crippen molar-refractivity contribution in [3.8, 4) is 0 Å². The van der Waals surface area contributed by atoms with Gasteiger partial charge in [-0.25, -0.2) is 0 Å². The number of carboxylic acid groups (broad SMARTS) is 2. The molecule has 0 aromatic rings. The van der Waals surface area contributed by atoms with E-state index in [4.69, 9.17) is 24.7 Å². The highest BCUT2D eigenvalue weighted by Gasteiger charge is 2.51. The van der Waals surface area contributed by atoms with E-state index in [0.29, 0.717) is 12.4 Å². The first kappa shape index (κ1) is 77.2. The third-order valence-electron chi connectivity index (χ3n) is 16.7. The van der Waals surface area contributed by atoms with E-state index in [1.54, 1.807) is 39.1 Å². The summed E-state index contributed by atoms with van der Waals surface area (Å²) in [5.74, 6) is -13.1. The number of cyclic esters (lactones) is 1. The predicted molar refractivity (Wildman–Crippen MR) is 318 cm³/mol. The van der Waals surface area contributed by atoms with Crippen LogP contribution in [0.3, 0.4) is 0 Å². The summed E-state index contributed by atoms with van der Waals surface area (Å²) >= 11 is 0. The highest BCUT2D eigenvalue weighted by Crippen LogP contribution is 2.38. The molecule has 0 amide bonds. The Morgan fingerprint density at radius 1 is 0.721 bits per heavy atom. The molecule has 2 aliphatic rings. The first-order chi connectivity index (χ1) is 40.3. The monoisotopic (exact) mass is 1230 g/mol. The second-order valence-corrected chi connectivity index (χ2v) is 24.4. The first-order valence-electron chi connectivity index (χ1n) is 30.5. The Balaban J connectivity index is 2.54. The van der Waals surface area contributed by atoms with E-state index in [9.17, 15) is 85.3 Å². The Hall–Kier alpha value is -4.86.